The molecule has 0 spiro atoms. The molecule has 2 aromatic rings. The summed E-state index contributed by atoms with van der Waals surface area (Å²) in [7, 11) is 0. The first kappa shape index (κ1) is 15.1. The topological polar surface area (TPSA) is 87.7 Å². The van der Waals surface area contributed by atoms with Gasteiger partial charge >= 0.3 is 0 Å². The molecule has 0 radical (unpaired) electrons. The molecule has 2 saturated carbocycles. The molecule has 0 saturated heterocycles. The Kier molecular flexibility index (Phi) is 3.67. The van der Waals surface area contributed by atoms with E-state index in [1.165, 1.54) is 6.20 Å². The van der Waals surface area contributed by atoms with Gasteiger partial charge in [0.2, 0.25) is 0 Å². The third-order valence-corrected chi connectivity index (χ3v) is 4.75. The molecule has 0 aromatic carbocycles. The van der Waals surface area contributed by atoms with Crippen molar-refractivity contribution < 1.29 is 4.79 Å². The fraction of sp³-hybridized carbons (Fsp3) is 0.444. The Morgan fingerprint density at radius 3 is 2.71 bits per heavy atom. The summed E-state index contributed by atoms with van der Waals surface area (Å²) >= 11 is 0. The van der Waals surface area contributed by atoms with Crippen LogP contribution in [0.2, 0.25) is 0 Å². The Bertz CT molecular complexity index is 837. The van der Waals surface area contributed by atoms with Crippen molar-refractivity contribution in [1.82, 2.24) is 20.3 Å². The number of hydrogen-bond acceptors (Lipinski definition) is 4. The smallest absolute Gasteiger partial charge is 0.263 e. The van der Waals surface area contributed by atoms with E-state index >= 15 is 0 Å². The van der Waals surface area contributed by atoms with Gasteiger partial charge in [-0.3, -0.25) is 14.6 Å². The van der Waals surface area contributed by atoms with Crippen molar-refractivity contribution >= 4 is 5.91 Å². The standard InChI is InChI=1S/C18H20N4O2/c1-10-3-2-8-19-14(10)15(11-4-5-11)21-17(23)13-9-20-16(12-6-7-12)22-18(13)24/h2-3,8-9,11-12,15H,4-7H2,1H3,(H,21,23)(H,20,22,24)/t15-/m1/s1. The quantitative estimate of drug-likeness (QED) is 0.883. The molecular weight excluding hydrogens is 304 g/mol. The molecule has 6 nitrogen and oxygen atoms in total. The first-order valence-electron chi connectivity index (χ1n) is 8.45. The van der Waals surface area contributed by atoms with Crippen LogP contribution < -0.4 is 10.9 Å². The molecule has 2 N–H and O–H groups in total. The Morgan fingerprint density at radius 2 is 2.08 bits per heavy atom. The Labute approximate surface area is 139 Å². The van der Waals surface area contributed by atoms with Crippen molar-refractivity contribution in [2.24, 2.45) is 5.92 Å². The molecule has 2 aromatic heterocycles. The Hall–Kier alpha value is -2.50. The highest BCUT2D eigenvalue weighted by Gasteiger charge is 2.35. The SMILES string of the molecule is Cc1cccnc1[C@H](NC(=O)c1cnc(C2CC2)[nH]c1=O)C1CC1. The highest BCUT2D eigenvalue weighted by Crippen LogP contribution is 2.41. The van der Waals surface area contributed by atoms with Crippen LogP contribution in [0.15, 0.2) is 29.3 Å². The predicted octanol–water partition coefficient (Wildman–Crippen LogP) is 2.23. The number of aryl methyl sites for hydroxylation is 1. The van der Waals surface area contributed by atoms with Crippen LogP contribution in [0.25, 0.3) is 0 Å². The van der Waals surface area contributed by atoms with Gasteiger partial charge < -0.3 is 10.3 Å². The summed E-state index contributed by atoms with van der Waals surface area (Å²) in [6.45, 7) is 1.99. The molecule has 6 heteroatoms. The van der Waals surface area contributed by atoms with Crippen LogP contribution in [0.4, 0.5) is 0 Å². The second-order valence-corrected chi connectivity index (χ2v) is 6.78. The zero-order chi connectivity index (χ0) is 16.7. The number of carbonyl (C=O) groups is 1. The third-order valence-electron chi connectivity index (χ3n) is 4.75. The largest absolute Gasteiger partial charge is 0.343 e. The minimum Gasteiger partial charge on any atom is -0.343 e. The molecule has 2 fully saturated rings. The van der Waals surface area contributed by atoms with Gasteiger partial charge in [-0.1, -0.05) is 6.07 Å². The van der Waals surface area contributed by atoms with Crippen LogP contribution in [0.3, 0.4) is 0 Å². The fourth-order valence-electron chi connectivity index (χ4n) is 3.02. The van der Waals surface area contributed by atoms with Gasteiger partial charge in [0.25, 0.3) is 11.5 Å². The van der Waals surface area contributed by atoms with E-state index in [1.807, 2.05) is 19.1 Å². The van der Waals surface area contributed by atoms with Crippen molar-refractivity contribution in [2.45, 2.75) is 44.6 Å². The van der Waals surface area contributed by atoms with Crippen LogP contribution in [0, 0.1) is 12.8 Å². The minimum absolute atomic E-state index is 0.0682. The van der Waals surface area contributed by atoms with Gasteiger partial charge in [0.1, 0.15) is 11.4 Å². The number of aromatic amines is 1. The molecule has 2 aliphatic carbocycles. The van der Waals surface area contributed by atoms with Crippen LogP contribution in [-0.2, 0) is 0 Å². The summed E-state index contributed by atoms with van der Waals surface area (Å²) in [6, 6.07) is 3.72. The molecule has 24 heavy (non-hydrogen) atoms. The van der Waals surface area contributed by atoms with Gasteiger partial charge in [-0.05, 0) is 50.2 Å². The van der Waals surface area contributed by atoms with Crippen LogP contribution in [0.1, 0.15) is 65.1 Å². The van der Waals surface area contributed by atoms with E-state index in [4.69, 9.17) is 0 Å². The monoisotopic (exact) mass is 324 g/mol. The lowest BCUT2D eigenvalue weighted by Gasteiger charge is -2.19. The van der Waals surface area contributed by atoms with Crippen LogP contribution in [0.5, 0.6) is 0 Å². The van der Waals surface area contributed by atoms with Gasteiger partial charge in [-0.15, -0.1) is 0 Å². The van der Waals surface area contributed by atoms with Crippen molar-refractivity contribution in [3.05, 3.63) is 57.5 Å². The van der Waals surface area contributed by atoms with E-state index in [2.05, 4.69) is 20.3 Å². The summed E-state index contributed by atoms with van der Waals surface area (Å²) in [6.07, 6.45) is 7.38. The van der Waals surface area contributed by atoms with E-state index in [9.17, 15) is 9.59 Å². The maximum Gasteiger partial charge on any atom is 0.263 e. The summed E-state index contributed by atoms with van der Waals surface area (Å²) in [4.78, 5) is 36.2. The molecule has 0 unspecified atom stereocenters. The second kappa shape index (κ2) is 5.85. The molecular formula is C18H20N4O2. The summed E-state index contributed by atoms with van der Waals surface area (Å²) in [5.74, 6) is 1.05. The fourth-order valence-corrected chi connectivity index (χ4v) is 3.02. The van der Waals surface area contributed by atoms with Gasteiger partial charge in [0, 0.05) is 18.3 Å². The number of amides is 1. The molecule has 2 aliphatic rings. The Morgan fingerprint density at radius 1 is 1.29 bits per heavy atom. The molecule has 1 amide bonds. The average molecular weight is 324 g/mol. The third kappa shape index (κ3) is 2.96. The van der Waals surface area contributed by atoms with Crippen molar-refractivity contribution in [3.63, 3.8) is 0 Å². The van der Waals surface area contributed by atoms with Gasteiger partial charge in [0.05, 0.1) is 11.7 Å². The lowest BCUT2D eigenvalue weighted by atomic mass is 10.0. The molecule has 0 bridgehead atoms. The zero-order valence-electron chi connectivity index (χ0n) is 13.6. The molecule has 1 atom stereocenters. The van der Waals surface area contributed by atoms with E-state index in [1.54, 1.807) is 6.20 Å². The first-order chi connectivity index (χ1) is 11.6. The minimum atomic E-state index is -0.381. The predicted molar refractivity (Wildman–Crippen MR) is 88.7 cm³/mol. The molecule has 124 valence electrons. The van der Waals surface area contributed by atoms with E-state index in [0.717, 1.165) is 36.9 Å². The Balaban J connectivity index is 1.58. The van der Waals surface area contributed by atoms with Crippen molar-refractivity contribution in [3.8, 4) is 0 Å². The van der Waals surface area contributed by atoms with E-state index in [0.29, 0.717) is 17.7 Å². The van der Waals surface area contributed by atoms with Gasteiger partial charge in [0.15, 0.2) is 0 Å². The normalized spacial score (nSPS) is 18.2. The van der Waals surface area contributed by atoms with Crippen LogP contribution in [-0.4, -0.2) is 20.9 Å². The van der Waals surface area contributed by atoms with Gasteiger partial charge in [-0.25, -0.2) is 4.98 Å². The summed E-state index contributed by atoms with van der Waals surface area (Å²) < 4.78 is 0. The number of nitrogens with zero attached hydrogens (tertiary/aromatic N) is 2. The molecule has 2 heterocycles. The van der Waals surface area contributed by atoms with Crippen LogP contribution >= 0.6 is 0 Å². The van der Waals surface area contributed by atoms with Gasteiger partial charge in [-0.2, -0.15) is 0 Å². The first-order valence-corrected chi connectivity index (χ1v) is 8.45. The number of H-pyrrole nitrogens is 1. The number of nitrogens with one attached hydrogen (secondary N) is 2. The average Bonchev–Trinajstić information content (AvgIpc) is 3.46. The highest BCUT2D eigenvalue weighted by atomic mass is 16.2. The molecule has 4 rings (SSSR count). The number of pyridine rings is 1. The van der Waals surface area contributed by atoms with Crippen molar-refractivity contribution in [2.75, 3.05) is 0 Å². The summed E-state index contributed by atoms with van der Waals surface area (Å²) in [5.41, 5.74) is 1.63. The lowest BCUT2D eigenvalue weighted by Crippen LogP contribution is -2.35. The lowest BCUT2D eigenvalue weighted by molar-refractivity contribution is 0.0928. The van der Waals surface area contributed by atoms with Crippen molar-refractivity contribution in [1.29, 1.82) is 0 Å². The highest BCUT2D eigenvalue weighted by molar-refractivity contribution is 5.93. The number of aromatic nitrogens is 3. The maximum atomic E-state index is 12.6. The van der Waals surface area contributed by atoms with E-state index in [-0.39, 0.29) is 23.1 Å². The zero-order valence-corrected chi connectivity index (χ0v) is 13.6. The van der Waals surface area contributed by atoms with E-state index < -0.39 is 0 Å². The molecule has 0 aliphatic heterocycles. The number of rotatable bonds is 5. The maximum absolute atomic E-state index is 12.6. The number of hydrogen-bond donors (Lipinski definition) is 2. The number of carbonyl (C=O) groups excluding carboxylic acids is 1. The second-order valence-electron chi connectivity index (χ2n) is 6.78. The summed E-state index contributed by atoms with van der Waals surface area (Å²) in [5, 5.41) is 3.00.